The van der Waals surface area contributed by atoms with Crippen LogP contribution in [0.4, 0.5) is 0 Å². The molecule has 1 aliphatic heterocycles. The predicted octanol–water partition coefficient (Wildman–Crippen LogP) is 2.82. The van der Waals surface area contributed by atoms with Crippen molar-refractivity contribution in [2.75, 3.05) is 13.1 Å². The zero-order chi connectivity index (χ0) is 15.7. The van der Waals surface area contributed by atoms with Crippen LogP contribution in [0.1, 0.15) is 38.7 Å². The van der Waals surface area contributed by atoms with Crippen molar-refractivity contribution in [2.45, 2.75) is 44.8 Å². The molecule has 4 nitrogen and oxygen atoms in total. The average Bonchev–Trinajstić information content (AvgIpc) is 3.01. The van der Waals surface area contributed by atoms with Crippen molar-refractivity contribution < 1.29 is 5.11 Å². The number of piperidine rings is 1. The summed E-state index contributed by atoms with van der Waals surface area (Å²) in [5.74, 6) is 0.180. The number of benzene rings is 1. The van der Waals surface area contributed by atoms with Gasteiger partial charge in [0.05, 0.1) is 11.8 Å². The lowest BCUT2D eigenvalue weighted by Crippen LogP contribution is -2.50. The number of hydrogen-bond acceptors (Lipinski definition) is 3. The monoisotopic (exact) mass is 299 g/mol. The Morgan fingerprint density at radius 3 is 2.50 bits per heavy atom. The lowest BCUT2D eigenvalue weighted by atomic mass is 9.86. The quantitative estimate of drug-likeness (QED) is 0.927. The minimum atomic E-state index is -0.255. The van der Waals surface area contributed by atoms with Gasteiger partial charge in [0.1, 0.15) is 0 Å². The van der Waals surface area contributed by atoms with E-state index in [1.165, 1.54) is 5.56 Å². The Bertz CT molecular complexity index is 598. The number of rotatable bonds is 2. The molecule has 1 fully saturated rings. The van der Waals surface area contributed by atoms with Gasteiger partial charge in [-0.15, -0.1) is 0 Å². The summed E-state index contributed by atoms with van der Waals surface area (Å²) in [6.07, 6.45) is 4.29. The van der Waals surface area contributed by atoms with Gasteiger partial charge in [0, 0.05) is 36.9 Å². The van der Waals surface area contributed by atoms with Crippen molar-refractivity contribution in [1.82, 2.24) is 14.7 Å². The Morgan fingerprint density at radius 2 is 1.91 bits per heavy atom. The number of hydrogen-bond donors (Lipinski definition) is 1. The van der Waals surface area contributed by atoms with Crippen LogP contribution in [0.2, 0.25) is 0 Å². The van der Waals surface area contributed by atoms with Gasteiger partial charge in [0.25, 0.3) is 0 Å². The minimum absolute atomic E-state index is 0.146. The number of aliphatic hydroxyl groups excluding tert-OH is 1. The summed E-state index contributed by atoms with van der Waals surface area (Å²) in [4.78, 5) is 2.46. The number of nitrogens with zero attached hydrogens (tertiary/aromatic N) is 3. The molecule has 0 amide bonds. The molecule has 1 saturated heterocycles. The van der Waals surface area contributed by atoms with Crippen molar-refractivity contribution in [2.24, 2.45) is 0 Å². The molecule has 1 aromatic heterocycles. The highest BCUT2D eigenvalue weighted by atomic mass is 16.3. The van der Waals surface area contributed by atoms with E-state index < -0.39 is 0 Å². The zero-order valence-corrected chi connectivity index (χ0v) is 13.6. The van der Waals surface area contributed by atoms with Gasteiger partial charge < -0.3 is 5.11 Å². The second-order valence-electron chi connectivity index (χ2n) is 7.12. The van der Waals surface area contributed by atoms with Crippen LogP contribution in [0.3, 0.4) is 0 Å². The highest BCUT2D eigenvalue weighted by Gasteiger charge is 2.33. The molecule has 0 bridgehead atoms. The summed E-state index contributed by atoms with van der Waals surface area (Å²) in [5.41, 5.74) is 2.40. The first-order valence-electron chi connectivity index (χ1n) is 7.98. The van der Waals surface area contributed by atoms with Crippen LogP contribution in [-0.2, 0) is 0 Å². The first-order chi connectivity index (χ1) is 10.4. The molecule has 0 unspecified atom stereocenters. The molecule has 3 rings (SSSR count). The lowest BCUT2D eigenvalue weighted by molar-refractivity contribution is 0.0196. The van der Waals surface area contributed by atoms with E-state index in [4.69, 9.17) is 0 Å². The second kappa shape index (κ2) is 5.86. The number of aliphatic hydroxyl groups is 1. The van der Waals surface area contributed by atoms with Gasteiger partial charge in [0.15, 0.2) is 0 Å². The largest absolute Gasteiger partial charge is 0.392 e. The fraction of sp³-hybridized carbons (Fsp3) is 0.500. The van der Waals surface area contributed by atoms with E-state index in [2.05, 4.69) is 55.0 Å². The summed E-state index contributed by atoms with van der Waals surface area (Å²) in [6.45, 7) is 8.59. The third-order valence-electron chi connectivity index (χ3n) is 4.62. The van der Waals surface area contributed by atoms with E-state index in [1.54, 1.807) is 6.20 Å². The van der Waals surface area contributed by atoms with Crippen LogP contribution in [0.5, 0.6) is 0 Å². The highest BCUT2D eigenvalue weighted by molar-refractivity contribution is 5.35. The van der Waals surface area contributed by atoms with Crippen LogP contribution in [0, 0.1) is 0 Å². The molecule has 2 atom stereocenters. The van der Waals surface area contributed by atoms with Crippen molar-refractivity contribution in [3.8, 4) is 5.69 Å². The third kappa shape index (κ3) is 3.08. The van der Waals surface area contributed by atoms with E-state index in [-0.39, 0.29) is 17.6 Å². The van der Waals surface area contributed by atoms with E-state index in [0.717, 1.165) is 25.2 Å². The van der Waals surface area contributed by atoms with Gasteiger partial charge in [-0.3, -0.25) is 4.90 Å². The van der Waals surface area contributed by atoms with E-state index >= 15 is 0 Å². The summed E-state index contributed by atoms with van der Waals surface area (Å²) in [5, 5.41) is 14.7. The van der Waals surface area contributed by atoms with Gasteiger partial charge in [-0.25, -0.2) is 4.68 Å². The van der Waals surface area contributed by atoms with Crippen molar-refractivity contribution >= 4 is 0 Å². The highest BCUT2D eigenvalue weighted by Crippen LogP contribution is 2.31. The van der Waals surface area contributed by atoms with Crippen LogP contribution in [-0.4, -0.2) is 44.5 Å². The van der Waals surface area contributed by atoms with Gasteiger partial charge in [-0.1, -0.05) is 12.1 Å². The van der Waals surface area contributed by atoms with E-state index in [1.807, 2.05) is 16.9 Å². The first kappa shape index (κ1) is 15.3. The SMILES string of the molecule is CC(C)(C)N1CC[C@H](O)[C@H](c2ccc(-n3cccn3)cc2)C1. The Morgan fingerprint density at radius 1 is 1.18 bits per heavy atom. The zero-order valence-electron chi connectivity index (χ0n) is 13.6. The molecule has 118 valence electrons. The topological polar surface area (TPSA) is 41.3 Å². The van der Waals surface area contributed by atoms with Crippen molar-refractivity contribution in [3.63, 3.8) is 0 Å². The molecule has 0 aliphatic carbocycles. The number of aromatic nitrogens is 2. The lowest BCUT2D eigenvalue weighted by Gasteiger charge is -2.43. The van der Waals surface area contributed by atoms with E-state index in [0.29, 0.717) is 0 Å². The molecule has 0 radical (unpaired) electrons. The summed E-state index contributed by atoms with van der Waals surface area (Å²) >= 11 is 0. The molecule has 1 N–H and O–H groups in total. The molecule has 4 heteroatoms. The van der Waals surface area contributed by atoms with Gasteiger partial charge in [-0.2, -0.15) is 5.10 Å². The molecule has 2 aromatic rings. The molecule has 22 heavy (non-hydrogen) atoms. The molecular formula is C18H25N3O. The summed E-state index contributed by atoms with van der Waals surface area (Å²) in [6, 6.07) is 10.3. The van der Waals surface area contributed by atoms with Crippen molar-refractivity contribution in [1.29, 1.82) is 0 Å². The Labute approximate surface area is 132 Å². The molecule has 2 heterocycles. The smallest absolute Gasteiger partial charge is 0.0645 e. The van der Waals surface area contributed by atoms with Crippen molar-refractivity contribution in [3.05, 3.63) is 48.3 Å². The Hall–Kier alpha value is -1.65. The minimum Gasteiger partial charge on any atom is -0.392 e. The van der Waals surface area contributed by atoms with Crippen LogP contribution in [0.25, 0.3) is 5.69 Å². The van der Waals surface area contributed by atoms with Gasteiger partial charge in [0.2, 0.25) is 0 Å². The van der Waals surface area contributed by atoms with Gasteiger partial charge >= 0.3 is 0 Å². The maximum atomic E-state index is 10.4. The van der Waals surface area contributed by atoms with Crippen LogP contribution >= 0.6 is 0 Å². The predicted molar refractivity (Wildman–Crippen MR) is 88.3 cm³/mol. The van der Waals surface area contributed by atoms with E-state index in [9.17, 15) is 5.11 Å². The summed E-state index contributed by atoms with van der Waals surface area (Å²) < 4.78 is 1.85. The Balaban J connectivity index is 1.80. The fourth-order valence-electron chi connectivity index (χ4n) is 3.17. The number of likely N-dealkylation sites (tertiary alicyclic amines) is 1. The van der Waals surface area contributed by atoms with Gasteiger partial charge in [-0.05, 0) is 51.0 Å². The maximum Gasteiger partial charge on any atom is 0.0645 e. The molecule has 0 saturated carbocycles. The first-order valence-corrected chi connectivity index (χ1v) is 7.98. The van der Waals surface area contributed by atoms with Crippen LogP contribution < -0.4 is 0 Å². The molecule has 1 aliphatic rings. The standard InChI is InChI=1S/C18H25N3O/c1-18(2,3)20-12-9-17(22)16(13-20)14-5-7-15(8-6-14)21-11-4-10-19-21/h4-8,10-11,16-17,22H,9,12-13H2,1-3H3/t16-,17-/m0/s1. The maximum absolute atomic E-state index is 10.4. The normalized spacial score (nSPS) is 23.6. The molecule has 0 spiro atoms. The Kier molecular flexibility index (Phi) is 4.06. The second-order valence-corrected chi connectivity index (χ2v) is 7.12. The fourth-order valence-corrected chi connectivity index (χ4v) is 3.17. The molecule has 1 aromatic carbocycles. The summed E-state index contributed by atoms with van der Waals surface area (Å²) in [7, 11) is 0. The van der Waals surface area contributed by atoms with Crippen LogP contribution in [0.15, 0.2) is 42.7 Å². The average molecular weight is 299 g/mol. The third-order valence-corrected chi connectivity index (χ3v) is 4.62. The molecular weight excluding hydrogens is 274 g/mol.